The first-order valence-electron chi connectivity index (χ1n) is 3.77. The summed E-state index contributed by atoms with van der Waals surface area (Å²) in [6, 6.07) is 1.60. The van der Waals surface area contributed by atoms with Gasteiger partial charge in [0.05, 0.1) is 0 Å². The number of aromatic nitrogens is 1. The summed E-state index contributed by atoms with van der Waals surface area (Å²) in [5, 5.41) is 9.09. The molecule has 0 aliphatic rings. The Bertz CT molecular complexity index is 380. The Balaban J connectivity index is 3.47. The fraction of sp³-hybridized carbons (Fsp3) is 0. The first-order valence-corrected chi connectivity index (χ1v) is 4.15. The zero-order chi connectivity index (χ0) is 10.7. The predicted octanol–water partition coefficient (Wildman–Crippen LogP) is 2.63. The van der Waals surface area contributed by atoms with Crippen molar-refractivity contribution in [1.29, 1.82) is 0 Å². The Morgan fingerprint density at radius 3 is 2.71 bits per heavy atom. The zero-order valence-electron chi connectivity index (χ0n) is 7.33. The highest BCUT2D eigenvalue weighted by atomic mass is 35.5. The molecule has 1 heterocycles. The van der Waals surface area contributed by atoms with Gasteiger partial charge in [-0.25, -0.2) is 9.78 Å². The molecule has 0 saturated heterocycles. The number of carboxylic acid groups (broad SMARTS) is 1. The third-order valence-electron chi connectivity index (χ3n) is 1.69. The fourth-order valence-electron chi connectivity index (χ4n) is 1.09. The maximum absolute atomic E-state index is 10.8. The van der Waals surface area contributed by atoms with Gasteiger partial charge in [-0.15, -0.1) is 0 Å². The van der Waals surface area contributed by atoms with Gasteiger partial charge in [0, 0.05) is 22.4 Å². The summed E-state index contributed by atoms with van der Waals surface area (Å²) >= 11 is 5.70. The molecule has 0 radical (unpaired) electrons. The van der Waals surface area contributed by atoms with Gasteiger partial charge >= 0.3 is 5.97 Å². The molecule has 4 heteroatoms. The largest absolute Gasteiger partial charge is 0.476 e. The van der Waals surface area contributed by atoms with Crippen LogP contribution in [0.1, 0.15) is 21.6 Å². The molecule has 0 saturated carbocycles. The maximum Gasteiger partial charge on any atom is 0.355 e. The molecule has 0 amide bonds. The van der Waals surface area contributed by atoms with Crippen LogP contribution >= 0.6 is 11.6 Å². The zero-order valence-corrected chi connectivity index (χ0v) is 8.08. The number of hydrogen-bond acceptors (Lipinski definition) is 2. The van der Waals surface area contributed by atoms with Crippen LogP contribution in [0.3, 0.4) is 0 Å². The van der Waals surface area contributed by atoms with Crippen LogP contribution in [0.5, 0.6) is 0 Å². The van der Waals surface area contributed by atoms with E-state index >= 15 is 0 Å². The first-order chi connectivity index (χ1) is 6.57. The van der Waals surface area contributed by atoms with Crippen molar-refractivity contribution < 1.29 is 9.90 Å². The minimum Gasteiger partial charge on any atom is -0.476 e. The monoisotopic (exact) mass is 209 g/mol. The minimum absolute atomic E-state index is 0.0701. The average Bonchev–Trinajstić information content (AvgIpc) is 2.16. The maximum atomic E-state index is 10.8. The van der Waals surface area contributed by atoms with Crippen molar-refractivity contribution in [3.05, 3.63) is 42.2 Å². The summed E-state index contributed by atoms with van der Waals surface area (Å²) in [7, 11) is 0. The lowest BCUT2D eigenvalue weighted by molar-refractivity contribution is 0.0690. The van der Waals surface area contributed by atoms with E-state index in [4.69, 9.17) is 16.7 Å². The van der Waals surface area contributed by atoms with Gasteiger partial charge in [-0.1, -0.05) is 30.8 Å². The third kappa shape index (κ3) is 1.83. The molecule has 1 N–H and O–H groups in total. The topological polar surface area (TPSA) is 50.2 Å². The van der Waals surface area contributed by atoms with Crippen molar-refractivity contribution >= 4 is 28.7 Å². The molecule has 72 valence electrons. The fourth-order valence-corrected chi connectivity index (χ4v) is 1.25. The summed E-state index contributed by atoms with van der Waals surface area (Å²) in [5.74, 6) is -1.11. The molecule has 0 aliphatic carbocycles. The van der Waals surface area contributed by atoms with Gasteiger partial charge in [0.15, 0.2) is 5.69 Å². The number of hydrogen-bond donors (Lipinski definition) is 1. The quantitative estimate of drug-likeness (QED) is 0.833. The molecule has 14 heavy (non-hydrogen) atoms. The molecule has 0 spiro atoms. The Morgan fingerprint density at radius 1 is 1.64 bits per heavy atom. The van der Waals surface area contributed by atoms with Gasteiger partial charge < -0.3 is 5.11 Å². The van der Waals surface area contributed by atoms with Gasteiger partial charge in [-0.05, 0) is 6.07 Å². The van der Waals surface area contributed by atoms with Crippen LogP contribution in [0.25, 0.3) is 11.1 Å². The van der Waals surface area contributed by atoms with Crippen LogP contribution in [0.2, 0.25) is 0 Å². The highest BCUT2D eigenvalue weighted by Gasteiger charge is 2.13. The normalized spacial score (nSPS) is 9.50. The molecule has 1 aromatic heterocycles. The summed E-state index contributed by atoms with van der Waals surface area (Å²) < 4.78 is 0. The second kappa shape index (κ2) is 4.07. The lowest BCUT2D eigenvalue weighted by atomic mass is 10.1. The van der Waals surface area contributed by atoms with Gasteiger partial charge in [-0.3, -0.25) is 0 Å². The second-order valence-electron chi connectivity index (χ2n) is 2.53. The van der Waals surface area contributed by atoms with Crippen molar-refractivity contribution in [3.8, 4) is 0 Å². The molecule has 1 aromatic rings. The number of carboxylic acids is 1. The van der Waals surface area contributed by atoms with Crippen LogP contribution in [-0.4, -0.2) is 16.1 Å². The van der Waals surface area contributed by atoms with E-state index in [1.54, 1.807) is 6.07 Å². The van der Waals surface area contributed by atoms with Crippen LogP contribution in [0, 0.1) is 0 Å². The number of carbonyl (C=O) groups is 1. The van der Waals surface area contributed by atoms with E-state index in [-0.39, 0.29) is 10.7 Å². The van der Waals surface area contributed by atoms with Crippen molar-refractivity contribution in [2.45, 2.75) is 0 Å². The van der Waals surface area contributed by atoms with Crippen molar-refractivity contribution in [1.82, 2.24) is 4.98 Å². The van der Waals surface area contributed by atoms with E-state index in [1.807, 2.05) is 0 Å². The SMILES string of the molecule is C=Cc1c(C(=C)Cl)ccnc1C(=O)O. The van der Waals surface area contributed by atoms with Gasteiger partial charge in [0.25, 0.3) is 0 Å². The molecule has 0 fully saturated rings. The number of pyridine rings is 1. The molecule has 3 nitrogen and oxygen atoms in total. The molecular weight excluding hydrogens is 202 g/mol. The van der Waals surface area contributed by atoms with Gasteiger partial charge in [0.1, 0.15) is 0 Å². The highest BCUT2D eigenvalue weighted by molar-refractivity contribution is 6.48. The Labute approximate surface area is 86.4 Å². The van der Waals surface area contributed by atoms with E-state index in [0.29, 0.717) is 11.1 Å². The number of aromatic carboxylic acids is 1. The Kier molecular flexibility index (Phi) is 3.04. The second-order valence-corrected chi connectivity index (χ2v) is 2.99. The Hall–Kier alpha value is -1.61. The third-order valence-corrected chi connectivity index (χ3v) is 1.89. The molecule has 0 atom stereocenters. The van der Waals surface area contributed by atoms with Gasteiger partial charge in [-0.2, -0.15) is 0 Å². The van der Waals surface area contributed by atoms with E-state index in [2.05, 4.69) is 18.1 Å². The minimum atomic E-state index is -1.11. The molecule has 1 rings (SSSR count). The molecule has 0 aliphatic heterocycles. The number of nitrogens with zero attached hydrogens (tertiary/aromatic N) is 1. The number of rotatable bonds is 3. The number of halogens is 1. The van der Waals surface area contributed by atoms with Crippen LogP contribution in [0.4, 0.5) is 0 Å². The lowest BCUT2D eigenvalue weighted by Crippen LogP contribution is -2.04. The van der Waals surface area contributed by atoms with Crippen LogP contribution < -0.4 is 0 Å². The summed E-state index contributed by atoms with van der Waals surface area (Å²) in [6.45, 7) is 7.05. The van der Waals surface area contributed by atoms with E-state index in [9.17, 15) is 4.79 Å². The smallest absolute Gasteiger partial charge is 0.355 e. The van der Waals surface area contributed by atoms with Crippen molar-refractivity contribution in [3.63, 3.8) is 0 Å². The van der Waals surface area contributed by atoms with Gasteiger partial charge in [0.2, 0.25) is 0 Å². The lowest BCUT2D eigenvalue weighted by Gasteiger charge is -2.05. The standard InChI is InChI=1S/C10H8ClNO2/c1-3-7-8(6(2)11)4-5-12-9(7)10(13)14/h3-5H,1-2H2,(H,13,14). The Morgan fingerprint density at radius 2 is 2.29 bits per heavy atom. The van der Waals surface area contributed by atoms with E-state index in [0.717, 1.165) is 0 Å². The highest BCUT2D eigenvalue weighted by Crippen LogP contribution is 2.23. The van der Waals surface area contributed by atoms with E-state index < -0.39 is 5.97 Å². The molecular formula is C10H8ClNO2. The van der Waals surface area contributed by atoms with E-state index in [1.165, 1.54) is 12.3 Å². The molecule has 0 unspecified atom stereocenters. The first kappa shape index (κ1) is 10.5. The molecule has 0 aromatic carbocycles. The van der Waals surface area contributed by atoms with Crippen LogP contribution in [-0.2, 0) is 0 Å². The van der Waals surface area contributed by atoms with Crippen molar-refractivity contribution in [2.75, 3.05) is 0 Å². The molecule has 0 bridgehead atoms. The summed E-state index contributed by atoms with van der Waals surface area (Å²) in [5.41, 5.74) is 0.855. The summed E-state index contributed by atoms with van der Waals surface area (Å²) in [4.78, 5) is 14.5. The summed E-state index contributed by atoms with van der Waals surface area (Å²) in [6.07, 6.45) is 2.78. The van der Waals surface area contributed by atoms with Crippen LogP contribution in [0.15, 0.2) is 25.4 Å². The predicted molar refractivity (Wildman–Crippen MR) is 56.2 cm³/mol. The van der Waals surface area contributed by atoms with Crippen molar-refractivity contribution in [2.24, 2.45) is 0 Å². The average molecular weight is 210 g/mol.